The number of benzene rings is 2. The van der Waals surface area contributed by atoms with Crippen molar-refractivity contribution >= 4 is 16.7 Å². The lowest BCUT2D eigenvalue weighted by Crippen LogP contribution is -2.53. The highest BCUT2D eigenvalue weighted by Gasteiger charge is 2.37. The molecule has 0 spiro atoms. The van der Waals surface area contributed by atoms with Crippen LogP contribution in [0.5, 0.6) is 0 Å². The maximum Gasteiger partial charge on any atom is 0.401 e. The summed E-state index contributed by atoms with van der Waals surface area (Å²) in [4.78, 5) is 11.7. The summed E-state index contributed by atoms with van der Waals surface area (Å²) >= 11 is 0. The van der Waals surface area contributed by atoms with E-state index in [2.05, 4.69) is 5.32 Å². The monoisotopic (exact) mass is 296 g/mol. The minimum Gasteiger partial charge on any atom is -0.368 e. The van der Waals surface area contributed by atoms with Crippen LogP contribution in [0, 0.1) is 0 Å². The fraction of sp³-hybridized carbons (Fsp3) is 0.267. The highest BCUT2D eigenvalue weighted by atomic mass is 19.4. The molecule has 0 bridgehead atoms. The quantitative estimate of drug-likeness (QED) is 0.911. The minimum absolute atomic E-state index is 0.401. The van der Waals surface area contributed by atoms with Gasteiger partial charge in [0, 0.05) is 0 Å². The Balaban J connectivity index is 2.42. The van der Waals surface area contributed by atoms with Gasteiger partial charge in [-0.15, -0.1) is 0 Å². The van der Waals surface area contributed by atoms with Crippen LogP contribution in [-0.4, -0.2) is 18.6 Å². The Labute approximate surface area is 119 Å². The molecule has 3 nitrogen and oxygen atoms in total. The molecule has 0 heterocycles. The van der Waals surface area contributed by atoms with Crippen molar-refractivity contribution in [1.82, 2.24) is 5.32 Å². The molecule has 2 aromatic rings. The van der Waals surface area contributed by atoms with Gasteiger partial charge in [0.2, 0.25) is 5.91 Å². The topological polar surface area (TPSA) is 55.1 Å². The number of primary amides is 1. The number of rotatable bonds is 4. The molecular weight excluding hydrogens is 281 g/mol. The van der Waals surface area contributed by atoms with Crippen LogP contribution in [0.15, 0.2) is 42.5 Å². The van der Waals surface area contributed by atoms with Crippen molar-refractivity contribution in [1.29, 1.82) is 0 Å². The van der Waals surface area contributed by atoms with Gasteiger partial charge in [-0.05, 0) is 29.3 Å². The smallest absolute Gasteiger partial charge is 0.368 e. The van der Waals surface area contributed by atoms with Crippen LogP contribution in [0.25, 0.3) is 10.8 Å². The van der Waals surface area contributed by atoms with Crippen LogP contribution >= 0.6 is 0 Å². The number of alkyl halides is 3. The summed E-state index contributed by atoms with van der Waals surface area (Å²) in [6.45, 7) is 0.0600. The van der Waals surface area contributed by atoms with E-state index < -0.39 is 24.2 Å². The first kappa shape index (κ1) is 15.3. The number of hydrogen-bond donors (Lipinski definition) is 2. The number of nitrogens with one attached hydrogen (secondary N) is 1. The first-order chi connectivity index (χ1) is 9.72. The second-order valence-electron chi connectivity index (χ2n) is 5.02. The summed E-state index contributed by atoms with van der Waals surface area (Å²) in [7, 11) is 0. The first-order valence-corrected chi connectivity index (χ1v) is 6.33. The second kappa shape index (κ2) is 5.37. The summed E-state index contributed by atoms with van der Waals surface area (Å²) in [5.41, 5.74) is 4.12. The van der Waals surface area contributed by atoms with Gasteiger partial charge >= 0.3 is 6.18 Å². The largest absolute Gasteiger partial charge is 0.401 e. The summed E-state index contributed by atoms with van der Waals surface area (Å²) < 4.78 is 37.2. The second-order valence-corrected chi connectivity index (χ2v) is 5.02. The number of carbonyl (C=O) groups is 1. The van der Waals surface area contributed by atoms with Gasteiger partial charge in [-0.1, -0.05) is 36.4 Å². The third kappa shape index (κ3) is 3.33. The van der Waals surface area contributed by atoms with Crippen LogP contribution < -0.4 is 11.1 Å². The molecule has 0 aliphatic carbocycles. The Morgan fingerprint density at radius 3 is 2.33 bits per heavy atom. The van der Waals surface area contributed by atoms with Gasteiger partial charge in [0.25, 0.3) is 0 Å². The number of amides is 1. The molecule has 112 valence electrons. The van der Waals surface area contributed by atoms with Gasteiger partial charge < -0.3 is 5.73 Å². The summed E-state index contributed by atoms with van der Waals surface area (Å²) in [5, 5.41) is 3.98. The first-order valence-electron chi connectivity index (χ1n) is 6.33. The third-order valence-corrected chi connectivity index (χ3v) is 3.46. The number of halogens is 3. The number of carbonyl (C=O) groups excluding carboxylic acids is 1. The lowest BCUT2D eigenvalue weighted by molar-refractivity contribution is -0.135. The van der Waals surface area contributed by atoms with Crippen LogP contribution in [0.2, 0.25) is 0 Å². The van der Waals surface area contributed by atoms with E-state index >= 15 is 0 Å². The van der Waals surface area contributed by atoms with E-state index in [9.17, 15) is 18.0 Å². The van der Waals surface area contributed by atoms with Crippen molar-refractivity contribution < 1.29 is 18.0 Å². The van der Waals surface area contributed by atoms with E-state index in [0.29, 0.717) is 5.56 Å². The predicted octanol–water partition coefficient (Wildman–Crippen LogP) is 2.69. The molecule has 0 fully saturated rings. The maximum atomic E-state index is 12.4. The SMILES string of the molecule is CC(NCC(F)(F)F)(C(N)=O)c1ccc2ccccc2c1. The van der Waals surface area contributed by atoms with Crippen LogP contribution in [0.4, 0.5) is 13.2 Å². The average molecular weight is 296 g/mol. The minimum atomic E-state index is -4.42. The number of hydrogen-bond acceptors (Lipinski definition) is 2. The van der Waals surface area contributed by atoms with Gasteiger partial charge in [-0.2, -0.15) is 13.2 Å². The zero-order valence-electron chi connectivity index (χ0n) is 11.4. The normalized spacial score (nSPS) is 14.9. The molecule has 0 radical (unpaired) electrons. The van der Waals surface area contributed by atoms with E-state index in [1.807, 2.05) is 24.3 Å². The molecule has 2 aromatic carbocycles. The highest BCUT2D eigenvalue weighted by molar-refractivity contribution is 5.89. The Morgan fingerprint density at radius 1 is 1.14 bits per heavy atom. The summed E-state index contributed by atoms with van der Waals surface area (Å²) in [5.74, 6) is -0.859. The van der Waals surface area contributed by atoms with Gasteiger partial charge in [0.15, 0.2) is 0 Å². The van der Waals surface area contributed by atoms with Gasteiger partial charge in [0.1, 0.15) is 5.54 Å². The molecule has 0 aliphatic heterocycles. The number of fused-ring (bicyclic) bond motifs is 1. The molecule has 3 N–H and O–H groups in total. The van der Waals surface area contributed by atoms with Crippen LogP contribution in [0.1, 0.15) is 12.5 Å². The summed E-state index contributed by atoms with van der Waals surface area (Å²) in [6, 6.07) is 12.4. The molecule has 1 unspecified atom stereocenters. The fourth-order valence-electron chi connectivity index (χ4n) is 2.11. The van der Waals surface area contributed by atoms with Crippen molar-refractivity contribution in [2.24, 2.45) is 5.73 Å². The van der Waals surface area contributed by atoms with E-state index in [-0.39, 0.29) is 0 Å². The van der Waals surface area contributed by atoms with Gasteiger partial charge in [-0.25, -0.2) is 0 Å². The predicted molar refractivity (Wildman–Crippen MR) is 74.6 cm³/mol. The van der Waals surface area contributed by atoms with Crippen molar-refractivity contribution in [2.45, 2.75) is 18.6 Å². The van der Waals surface area contributed by atoms with Crippen LogP contribution in [-0.2, 0) is 10.3 Å². The average Bonchev–Trinajstić information content (AvgIpc) is 2.43. The van der Waals surface area contributed by atoms with E-state index in [1.165, 1.54) is 6.92 Å². The lowest BCUT2D eigenvalue weighted by Gasteiger charge is -2.29. The number of nitrogens with two attached hydrogens (primary N) is 1. The molecule has 0 aromatic heterocycles. The fourth-order valence-corrected chi connectivity index (χ4v) is 2.11. The third-order valence-electron chi connectivity index (χ3n) is 3.46. The highest BCUT2D eigenvalue weighted by Crippen LogP contribution is 2.26. The Morgan fingerprint density at radius 2 is 1.76 bits per heavy atom. The Hall–Kier alpha value is -2.08. The molecule has 0 saturated carbocycles. The maximum absolute atomic E-state index is 12.4. The lowest BCUT2D eigenvalue weighted by atomic mass is 9.89. The Bertz CT molecular complexity index is 669. The van der Waals surface area contributed by atoms with Crippen LogP contribution in [0.3, 0.4) is 0 Å². The Kier molecular flexibility index (Phi) is 3.91. The zero-order chi connectivity index (χ0) is 15.7. The molecule has 1 amide bonds. The van der Waals surface area contributed by atoms with E-state index in [4.69, 9.17) is 5.73 Å². The molecule has 2 rings (SSSR count). The molecule has 21 heavy (non-hydrogen) atoms. The molecule has 0 saturated heterocycles. The zero-order valence-corrected chi connectivity index (χ0v) is 11.4. The van der Waals surface area contributed by atoms with Crippen molar-refractivity contribution in [3.8, 4) is 0 Å². The standard InChI is InChI=1S/C15H15F3N2O/c1-14(13(19)21,20-9-15(16,17)18)12-7-6-10-4-2-3-5-11(10)8-12/h2-8,20H,9H2,1H3,(H2,19,21). The molecule has 6 heteroatoms. The van der Waals surface area contributed by atoms with Gasteiger partial charge in [0.05, 0.1) is 6.54 Å². The molecule has 0 aliphatic rings. The van der Waals surface area contributed by atoms with E-state index in [1.54, 1.807) is 18.2 Å². The van der Waals surface area contributed by atoms with Crippen molar-refractivity contribution in [3.63, 3.8) is 0 Å². The van der Waals surface area contributed by atoms with Crippen molar-refractivity contribution in [2.75, 3.05) is 6.54 Å². The van der Waals surface area contributed by atoms with Crippen molar-refractivity contribution in [3.05, 3.63) is 48.0 Å². The van der Waals surface area contributed by atoms with E-state index in [0.717, 1.165) is 10.8 Å². The molecular formula is C15H15F3N2O. The van der Waals surface area contributed by atoms with Gasteiger partial charge in [-0.3, -0.25) is 10.1 Å². The molecule has 1 atom stereocenters. The summed E-state index contributed by atoms with van der Waals surface area (Å²) in [6.07, 6.45) is -4.42.